The van der Waals surface area contributed by atoms with Crippen molar-refractivity contribution in [2.24, 2.45) is 5.92 Å². The Labute approximate surface area is 122 Å². The van der Waals surface area contributed by atoms with E-state index in [9.17, 15) is 13.2 Å². The van der Waals surface area contributed by atoms with Gasteiger partial charge in [-0.1, -0.05) is 6.42 Å². The molecule has 5 nitrogen and oxygen atoms in total. The summed E-state index contributed by atoms with van der Waals surface area (Å²) in [5.41, 5.74) is 1.11. The van der Waals surface area contributed by atoms with E-state index >= 15 is 0 Å². The second-order valence-corrected chi connectivity index (χ2v) is 8.85. The number of rotatable bonds is 2. The molecule has 1 N–H and O–H groups in total. The molecule has 0 spiro atoms. The van der Waals surface area contributed by atoms with Crippen molar-refractivity contribution in [3.05, 3.63) is 10.6 Å². The van der Waals surface area contributed by atoms with Crippen LogP contribution in [0.2, 0.25) is 0 Å². The van der Waals surface area contributed by atoms with Gasteiger partial charge in [0.05, 0.1) is 23.1 Å². The first kappa shape index (κ1) is 14.0. The number of anilines is 1. The molecule has 1 aromatic rings. The lowest BCUT2D eigenvalue weighted by Crippen LogP contribution is -2.23. The molecule has 0 aromatic carbocycles. The van der Waals surface area contributed by atoms with E-state index in [1.807, 2.05) is 0 Å². The lowest BCUT2D eigenvalue weighted by atomic mass is 10.1. The second-order valence-electron chi connectivity index (χ2n) is 5.54. The maximum atomic E-state index is 12.1. The van der Waals surface area contributed by atoms with Crippen molar-refractivity contribution in [3.8, 4) is 0 Å². The fourth-order valence-electron chi connectivity index (χ4n) is 2.79. The SMILES string of the molecule is O=C(Nc1nc2c(s1)CCCCC2)C1CCS(=O)(=O)C1. The van der Waals surface area contributed by atoms with E-state index in [4.69, 9.17) is 0 Å². The number of carbonyl (C=O) groups excluding carboxylic acids is 1. The van der Waals surface area contributed by atoms with E-state index in [0.29, 0.717) is 11.6 Å². The summed E-state index contributed by atoms with van der Waals surface area (Å²) in [6.45, 7) is 0. The number of amides is 1. The molecular weight excluding hydrogens is 296 g/mol. The van der Waals surface area contributed by atoms with Crippen LogP contribution in [0.3, 0.4) is 0 Å². The number of aromatic nitrogens is 1. The minimum atomic E-state index is -3.02. The van der Waals surface area contributed by atoms with Gasteiger partial charge in [0.25, 0.3) is 0 Å². The van der Waals surface area contributed by atoms with E-state index in [-0.39, 0.29) is 17.4 Å². The highest BCUT2D eigenvalue weighted by Crippen LogP contribution is 2.29. The Balaban J connectivity index is 1.68. The number of thiazole rings is 1. The van der Waals surface area contributed by atoms with Gasteiger partial charge in [-0.25, -0.2) is 13.4 Å². The number of fused-ring (bicyclic) bond motifs is 1. The van der Waals surface area contributed by atoms with Gasteiger partial charge < -0.3 is 5.32 Å². The first-order valence-corrected chi connectivity index (χ1v) is 9.67. The van der Waals surface area contributed by atoms with Crippen LogP contribution in [-0.2, 0) is 27.5 Å². The topological polar surface area (TPSA) is 76.1 Å². The Hall–Kier alpha value is -0.950. The average molecular weight is 314 g/mol. The van der Waals surface area contributed by atoms with Gasteiger partial charge in [-0.3, -0.25) is 4.79 Å². The quantitative estimate of drug-likeness (QED) is 0.844. The molecule has 1 amide bonds. The Kier molecular flexibility index (Phi) is 3.81. The first-order valence-electron chi connectivity index (χ1n) is 7.03. The van der Waals surface area contributed by atoms with Gasteiger partial charge in [0.15, 0.2) is 15.0 Å². The largest absolute Gasteiger partial charge is 0.302 e. The maximum absolute atomic E-state index is 12.1. The van der Waals surface area contributed by atoms with Crippen LogP contribution in [-0.4, -0.2) is 30.8 Å². The third-order valence-electron chi connectivity index (χ3n) is 3.93. The van der Waals surface area contributed by atoms with Crippen molar-refractivity contribution in [2.45, 2.75) is 38.5 Å². The van der Waals surface area contributed by atoms with Gasteiger partial charge in [0, 0.05) is 4.88 Å². The normalized spacial score (nSPS) is 24.9. The van der Waals surface area contributed by atoms with Gasteiger partial charge >= 0.3 is 0 Å². The van der Waals surface area contributed by atoms with Crippen molar-refractivity contribution in [3.63, 3.8) is 0 Å². The van der Waals surface area contributed by atoms with Crippen LogP contribution in [0.25, 0.3) is 0 Å². The zero-order valence-corrected chi connectivity index (χ0v) is 12.9. The molecule has 20 heavy (non-hydrogen) atoms. The van der Waals surface area contributed by atoms with Crippen LogP contribution in [0.1, 0.15) is 36.3 Å². The molecule has 1 unspecified atom stereocenters. The number of hydrogen-bond donors (Lipinski definition) is 1. The van der Waals surface area contributed by atoms with E-state index in [1.165, 1.54) is 17.7 Å². The molecule has 0 radical (unpaired) electrons. The summed E-state index contributed by atoms with van der Waals surface area (Å²) in [7, 11) is -3.02. The van der Waals surface area contributed by atoms with Crippen LogP contribution >= 0.6 is 11.3 Å². The van der Waals surface area contributed by atoms with Crippen molar-refractivity contribution < 1.29 is 13.2 Å². The predicted octanol–water partition coefficient (Wildman–Crippen LogP) is 1.79. The molecule has 0 bridgehead atoms. The van der Waals surface area contributed by atoms with Crippen LogP contribution in [0, 0.1) is 5.92 Å². The van der Waals surface area contributed by atoms with Crippen LogP contribution in [0.4, 0.5) is 5.13 Å². The number of hydrogen-bond acceptors (Lipinski definition) is 5. The third kappa shape index (κ3) is 3.03. The van der Waals surface area contributed by atoms with Crippen molar-refractivity contribution in [1.29, 1.82) is 0 Å². The Morgan fingerprint density at radius 3 is 2.80 bits per heavy atom. The molecule has 1 aliphatic carbocycles. The van der Waals surface area contributed by atoms with Crippen LogP contribution in [0.15, 0.2) is 0 Å². The summed E-state index contributed by atoms with van der Waals surface area (Å²) in [6.07, 6.45) is 6.04. The highest BCUT2D eigenvalue weighted by atomic mass is 32.2. The molecule has 1 fully saturated rings. The molecule has 110 valence electrons. The van der Waals surface area contributed by atoms with Crippen molar-refractivity contribution >= 4 is 32.2 Å². The molecule has 2 aliphatic rings. The van der Waals surface area contributed by atoms with Crippen molar-refractivity contribution in [1.82, 2.24) is 4.98 Å². The fraction of sp³-hybridized carbons (Fsp3) is 0.692. The fourth-order valence-corrected chi connectivity index (χ4v) is 5.59. The van der Waals surface area contributed by atoms with Gasteiger partial charge in [0.2, 0.25) is 5.91 Å². The lowest BCUT2D eigenvalue weighted by molar-refractivity contribution is -0.119. The van der Waals surface area contributed by atoms with Crippen molar-refractivity contribution in [2.75, 3.05) is 16.8 Å². The van der Waals surface area contributed by atoms with Crippen LogP contribution < -0.4 is 5.32 Å². The molecule has 1 aliphatic heterocycles. The van der Waals surface area contributed by atoms with Crippen LogP contribution in [0.5, 0.6) is 0 Å². The predicted molar refractivity (Wildman–Crippen MR) is 78.8 cm³/mol. The van der Waals surface area contributed by atoms with Gasteiger partial charge in [-0.05, 0) is 32.1 Å². The molecular formula is C13H18N2O3S2. The molecule has 1 saturated heterocycles. The number of carbonyl (C=O) groups is 1. The smallest absolute Gasteiger partial charge is 0.230 e. The second kappa shape index (κ2) is 5.44. The highest BCUT2D eigenvalue weighted by Gasteiger charge is 2.33. The van der Waals surface area contributed by atoms with E-state index in [0.717, 1.165) is 25.0 Å². The summed E-state index contributed by atoms with van der Waals surface area (Å²) >= 11 is 1.54. The van der Waals surface area contributed by atoms with Gasteiger partial charge in [0.1, 0.15) is 0 Å². The summed E-state index contributed by atoms with van der Waals surface area (Å²) in [6, 6.07) is 0. The first-order chi connectivity index (χ1) is 9.53. The maximum Gasteiger partial charge on any atom is 0.230 e. The molecule has 1 atom stereocenters. The Morgan fingerprint density at radius 1 is 1.25 bits per heavy atom. The average Bonchev–Trinajstić information content (AvgIpc) is 2.86. The molecule has 3 rings (SSSR count). The van der Waals surface area contributed by atoms with Gasteiger partial charge in [-0.2, -0.15) is 0 Å². The zero-order valence-electron chi connectivity index (χ0n) is 11.2. The number of aryl methyl sites for hydroxylation is 2. The Morgan fingerprint density at radius 2 is 2.05 bits per heavy atom. The summed E-state index contributed by atoms with van der Waals surface area (Å²) < 4.78 is 22.8. The Bertz CT molecular complexity index is 598. The summed E-state index contributed by atoms with van der Waals surface area (Å²) in [5, 5.41) is 3.43. The van der Waals surface area contributed by atoms with E-state index < -0.39 is 15.8 Å². The van der Waals surface area contributed by atoms with Gasteiger partial charge in [-0.15, -0.1) is 11.3 Å². The zero-order chi connectivity index (χ0) is 14.2. The standard InChI is InChI=1S/C13H18N2O3S2/c16-12(9-6-7-20(17,18)8-9)15-13-14-10-4-2-1-3-5-11(10)19-13/h9H,1-8H2,(H,14,15,16). The minimum absolute atomic E-state index is 0.0239. The summed E-state index contributed by atoms with van der Waals surface area (Å²) in [5.74, 6) is -0.512. The lowest BCUT2D eigenvalue weighted by Gasteiger charge is -2.06. The van der Waals surface area contributed by atoms with E-state index in [2.05, 4.69) is 10.3 Å². The highest BCUT2D eigenvalue weighted by molar-refractivity contribution is 7.91. The molecule has 2 heterocycles. The number of sulfone groups is 1. The van der Waals surface area contributed by atoms with E-state index in [1.54, 1.807) is 11.3 Å². The molecule has 0 saturated carbocycles. The summed E-state index contributed by atoms with van der Waals surface area (Å²) in [4.78, 5) is 17.8. The number of nitrogens with one attached hydrogen (secondary N) is 1. The number of nitrogens with zero attached hydrogens (tertiary/aromatic N) is 1. The minimum Gasteiger partial charge on any atom is -0.302 e. The molecule has 1 aromatic heterocycles. The monoisotopic (exact) mass is 314 g/mol. The third-order valence-corrected chi connectivity index (χ3v) is 6.77. The molecule has 7 heteroatoms.